The Morgan fingerprint density at radius 3 is 2.42 bits per heavy atom. The molecule has 0 saturated heterocycles. The van der Waals surface area contributed by atoms with E-state index in [0.717, 1.165) is 30.5 Å². The fraction of sp³-hybridized carbons (Fsp3) is 0.259. The smallest absolute Gasteiger partial charge is 0.256 e. The van der Waals surface area contributed by atoms with Gasteiger partial charge < -0.3 is 5.32 Å². The van der Waals surface area contributed by atoms with Crippen LogP contribution in [0, 0.1) is 13.8 Å². The van der Waals surface area contributed by atoms with Gasteiger partial charge in [0, 0.05) is 15.9 Å². The Hall–Kier alpha value is -2.15. The first-order valence-electron chi connectivity index (χ1n) is 10.8. The van der Waals surface area contributed by atoms with Crippen LogP contribution in [-0.2, 0) is 11.2 Å². The summed E-state index contributed by atoms with van der Waals surface area (Å²) in [5, 5.41) is 2.99. The van der Waals surface area contributed by atoms with Gasteiger partial charge in [0.1, 0.15) is 0 Å². The number of hydrogen-bond acceptors (Lipinski definition) is 4. The summed E-state index contributed by atoms with van der Waals surface area (Å²) in [7, 11) is 0. The van der Waals surface area contributed by atoms with Crippen molar-refractivity contribution in [3.63, 3.8) is 0 Å². The molecule has 170 valence electrons. The van der Waals surface area contributed by atoms with Gasteiger partial charge in [0.2, 0.25) is 0 Å². The van der Waals surface area contributed by atoms with Crippen molar-refractivity contribution in [2.24, 2.45) is 0 Å². The van der Waals surface area contributed by atoms with Crippen LogP contribution in [0.1, 0.15) is 53.4 Å². The summed E-state index contributed by atoms with van der Waals surface area (Å²) in [5.41, 5.74) is 7.93. The summed E-state index contributed by atoms with van der Waals surface area (Å²) in [4.78, 5) is 17.4. The molecule has 0 bridgehead atoms. The van der Waals surface area contributed by atoms with Gasteiger partial charge in [-0.05, 0) is 87.8 Å². The molecule has 1 heterocycles. The average molecular weight is 540 g/mol. The second-order valence-corrected chi connectivity index (χ2v) is 12.3. The maximum Gasteiger partial charge on any atom is 0.256 e. The number of benzene rings is 3. The van der Waals surface area contributed by atoms with Crippen molar-refractivity contribution in [3.05, 3.63) is 86.9 Å². The third kappa shape index (κ3) is 5.51. The molecule has 1 amide bonds. The fourth-order valence-corrected chi connectivity index (χ4v) is 6.44. The summed E-state index contributed by atoms with van der Waals surface area (Å²) in [5.74, 6) is 0.763. The Bertz CT molecular complexity index is 1310. The molecule has 0 spiro atoms. The molecular formula is C27H27BrN2OS2. The van der Waals surface area contributed by atoms with Gasteiger partial charge in [0.15, 0.2) is 4.34 Å². The molecule has 33 heavy (non-hydrogen) atoms. The maximum atomic E-state index is 12.6. The molecule has 1 aromatic heterocycles. The number of carbonyl (C=O) groups is 1. The number of anilines is 1. The van der Waals surface area contributed by atoms with Gasteiger partial charge in [-0.15, -0.1) is 11.3 Å². The van der Waals surface area contributed by atoms with E-state index >= 15 is 0 Å². The number of thioether (sulfide) groups is 1. The van der Waals surface area contributed by atoms with Crippen molar-refractivity contribution in [1.82, 2.24) is 4.98 Å². The highest BCUT2D eigenvalue weighted by molar-refractivity contribution is 9.10. The van der Waals surface area contributed by atoms with Gasteiger partial charge in [-0.1, -0.05) is 56.8 Å². The minimum Gasteiger partial charge on any atom is -0.322 e. The van der Waals surface area contributed by atoms with Crippen LogP contribution in [0.15, 0.2) is 63.4 Å². The highest BCUT2D eigenvalue weighted by atomic mass is 79.9. The molecule has 0 atom stereocenters. The summed E-state index contributed by atoms with van der Waals surface area (Å²) in [6, 6.07) is 17.9. The van der Waals surface area contributed by atoms with Crippen molar-refractivity contribution in [1.29, 1.82) is 0 Å². The molecule has 0 unspecified atom stereocenters. The molecule has 4 rings (SSSR count). The summed E-state index contributed by atoms with van der Waals surface area (Å²) < 4.78 is 2.89. The van der Waals surface area contributed by atoms with E-state index in [9.17, 15) is 4.79 Å². The SMILES string of the molecule is Cc1cc(C(C)(C)C)cc(C)c1CSc1nc2ccc(NC(=O)c3ccccc3Br)cc2s1. The zero-order chi connectivity index (χ0) is 23.8. The second-order valence-electron chi connectivity index (χ2n) is 9.22. The lowest BCUT2D eigenvalue weighted by atomic mass is 9.84. The normalized spacial score (nSPS) is 11.7. The summed E-state index contributed by atoms with van der Waals surface area (Å²) in [6.07, 6.45) is 0. The van der Waals surface area contributed by atoms with Crippen LogP contribution >= 0.6 is 39.0 Å². The lowest BCUT2D eigenvalue weighted by Gasteiger charge is -2.22. The topological polar surface area (TPSA) is 42.0 Å². The number of carbonyl (C=O) groups excluding carboxylic acids is 1. The van der Waals surface area contributed by atoms with Crippen LogP contribution in [0.25, 0.3) is 10.2 Å². The third-order valence-electron chi connectivity index (χ3n) is 5.65. The second kappa shape index (κ2) is 9.61. The molecule has 1 N–H and O–H groups in total. The number of hydrogen-bond donors (Lipinski definition) is 1. The molecule has 6 heteroatoms. The van der Waals surface area contributed by atoms with Gasteiger partial charge >= 0.3 is 0 Å². The summed E-state index contributed by atoms with van der Waals surface area (Å²) in [6.45, 7) is 11.2. The van der Waals surface area contributed by atoms with E-state index in [1.165, 1.54) is 22.3 Å². The molecule has 0 fully saturated rings. The van der Waals surface area contributed by atoms with E-state index in [1.807, 2.05) is 36.4 Å². The van der Waals surface area contributed by atoms with Gasteiger partial charge in [-0.3, -0.25) is 4.79 Å². The average Bonchev–Trinajstić information content (AvgIpc) is 3.14. The molecule has 4 aromatic rings. The summed E-state index contributed by atoms with van der Waals surface area (Å²) >= 11 is 6.88. The maximum absolute atomic E-state index is 12.6. The number of halogens is 1. The molecule has 0 aliphatic carbocycles. The van der Waals surface area contributed by atoms with Crippen LogP contribution in [0.2, 0.25) is 0 Å². The Morgan fingerprint density at radius 2 is 1.76 bits per heavy atom. The van der Waals surface area contributed by atoms with Crippen molar-refractivity contribution in [2.45, 2.75) is 50.1 Å². The van der Waals surface area contributed by atoms with Crippen LogP contribution in [0.5, 0.6) is 0 Å². The van der Waals surface area contributed by atoms with Gasteiger partial charge in [-0.25, -0.2) is 4.98 Å². The molecule has 3 nitrogen and oxygen atoms in total. The third-order valence-corrected chi connectivity index (χ3v) is 8.53. The van der Waals surface area contributed by atoms with Gasteiger partial charge in [0.05, 0.1) is 15.8 Å². The largest absolute Gasteiger partial charge is 0.322 e. The Balaban J connectivity index is 1.49. The molecule has 0 radical (unpaired) electrons. The molecule has 0 aliphatic heterocycles. The number of amides is 1. The molecule has 0 aliphatic rings. The Labute approximate surface area is 212 Å². The first kappa shape index (κ1) is 24.0. The fourth-order valence-electron chi connectivity index (χ4n) is 3.67. The van der Waals surface area contributed by atoms with E-state index in [-0.39, 0.29) is 11.3 Å². The Morgan fingerprint density at radius 1 is 1.06 bits per heavy atom. The first-order chi connectivity index (χ1) is 15.6. The molecule has 3 aromatic carbocycles. The zero-order valence-electron chi connectivity index (χ0n) is 19.5. The van der Waals surface area contributed by atoms with Crippen LogP contribution in [-0.4, -0.2) is 10.9 Å². The number of aromatic nitrogens is 1. The van der Waals surface area contributed by atoms with Crippen molar-refractivity contribution < 1.29 is 4.79 Å². The van der Waals surface area contributed by atoms with Crippen molar-refractivity contribution in [2.75, 3.05) is 5.32 Å². The Kier molecular flexibility index (Phi) is 6.99. The quantitative estimate of drug-likeness (QED) is 0.259. The van der Waals surface area contributed by atoms with Crippen molar-refractivity contribution >= 4 is 60.8 Å². The van der Waals surface area contributed by atoms with E-state index in [1.54, 1.807) is 29.2 Å². The standard InChI is InChI=1S/C27H27BrN2OS2/c1-16-12-18(27(3,4)5)13-17(2)21(16)15-32-26-30-23-11-10-19(14-24(23)33-26)29-25(31)20-8-6-7-9-22(20)28/h6-14H,15H2,1-5H3,(H,29,31). The number of nitrogens with zero attached hydrogens (tertiary/aromatic N) is 1. The first-order valence-corrected chi connectivity index (χ1v) is 13.4. The number of aryl methyl sites for hydroxylation is 2. The number of thiazole rings is 1. The van der Waals surface area contributed by atoms with Crippen LogP contribution in [0.4, 0.5) is 5.69 Å². The minimum atomic E-state index is -0.134. The highest BCUT2D eigenvalue weighted by Crippen LogP contribution is 2.35. The molecular weight excluding hydrogens is 512 g/mol. The zero-order valence-corrected chi connectivity index (χ0v) is 22.7. The van der Waals surface area contributed by atoms with E-state index in [0.29, 0.717) is 5.56 Å². The van der Waals surface area contributed by atoms with E-state index in [4.69, 9.17) is 4.98 Å². The number of rotatable bonds is 5. The van der Waals surface area contributed by atoms with E-state index in [2.05, 4.69) is 68.0 Å². The van der Waals surface area contributed by atoms with Crippen molar-refractivity contribution in [3.8, 4) is 0 Å². The number of fused-ring (bicyclic) bond motifs is 1. The van der Waals surface area contributed by atoms with Crippen LogP contribution < -0.4 is 5.32 Å². The highest BCUT2D eigenvalue weighted by Gasteiger charge is 2.17. The van der Waals surface area contributed by atoms with Gasteiger partial charge in [-0.2, -0.15) is 0 Å². The molecule has 0 saturated carbocycles. The predicted molar refractivity (Wildman–Crippen MR) is 146 cm³/mol. The predicted octanol–water partition coefficient (Wildman–Crippen LogP) is 8.52. The lowest BCUT2D eigenvalue weighted by Crippen LogP contribution is -2.12. The lowest BCUT2D eigenvalue weighted by molar-refractivity contribution is 0.102. The van der Waals surface area contributed by atoms with Crippen LogP contribution in [0.3, 0.4) is 0 Å². The monoisotopic (exact) mass is 538 g/mol. The minimum absolute atomic E-state index is 0.134. The van der Waals surface area contributed by atoms with Gasteiger partial charge in [0.25, 0.3) is 5.91 Å². The van der Waals surface area contributed by atoms with E-state index < -0.39 is 0 Å². The number of nitrogens with one attached hydrogen (secondary N) is 1.